The minimum atomic E-state index is -4.39. The minimum absolute atomic E-state index is 0.00469. The quantitative estimate of drug-likeness (QED) is 0.199. The molecule has 6 nitrogen and oxygen atoms in total. The van der Waals surface area contributed by atoms with Gasteiger partial charge in [0, 0.05) is 6.07 Å². The number of fused-ring (bicyclic) bond motifs is 1. The Morgan fingerprint density at radius 2 is 1.79 bits per heavy atom. The van der Waals surface area contributed by atoms with Crippen LogP contribution in [0.15, 0.2) is 48.9 Å². The number of hydrogen-bond acceptors (Lipinski definition) is 3. The molecule has 2 heterocycles. The zero-order chi connectivity index (χ0) is 26.9. The van der Waals surface area contributed by atoms with Gasteiger partial charge in [-0.3, -0.25) is 0 Å². The van der Waals surface area contributed by atoms with Gasteiger partial charge in [0.1, 0.15) is 11.6 Å². The third-order valence-electron chi connectivity index (χ3n) is 7.84. The Bertz CT molecular complexity index is 1510. The second kappa shape index (κ2) is 9.24. The molecule has 2 fully saturated rings. The zero-order valence-corrected chi connectivity index (χ0v) is 22.8. The first kappa shape index (κ1) is 26.1. The zero-order valence-electron chi connectivity index (χ0n) is 19.9. The van der Waals surface area contributed by atoms with E-state index in [0.29, 0.717) is 18.5 Å². The van der Waals surface area contributed by atoms with Gasteiger partial charge in [0.15, 0.2) is 0 Å². The normalized spacial score (nSPS) is 26.7. The molecule has 38 heavy (non-hydrogen) atoms. The van der Waals surface area contributed by atoms with Crippen LogP contribution < -0.4 is 26.2 Å². The predicted molar refractivity (Wildman–Crippen MR) is 125 cm³/mol. The maximum absolute atomic E-state index is 14.2. The molecular weight excluding hydrogens is 642 g/mol. The summed E-state index contributed by atoms with van der Waals surface area (Å²) < 4.78 is 96.2. The fraction of sp³-hybridized carbons (Fsp3) is 0.400. The number of hydrogen-bond donors (Lipinski definition) is 1. The molecule has 3 aromatic rings. The van der Waals surface area contributed by atoms with Crippen molar-refractivity contribution < 1.29 is 51.8 Å². The number of halogens is 6. The van der Waals surface area contributed by atoms with E-state index >= 15 is 0 Å². The Labute approximate surface area is 227 Å². The van der Waals surface area contributed by atoms with Crippen LogP contribution in [0.3, 0.4) is 0 Å². The second-order valence-electron chi connectivity index (χ2n) is 10.1. The standard InChI is InChI=1S/C25H23F5IN4O2S/c26-20-5-6-23(21(27)10-20)34-11-22(32-14-34)16-2-1-15-8-18-3-4-19(9-17(15)7-16)24(18)13-35(38(36,37)33-24)31-12-25(28,29)30/h1-2,5-7,10-11,14,18-19,33H,3-4,8-9,12-13H2/q-1/t18-,19+,24+/m0/s1. The van der Waals surface area contributed by atoms with Crippen LogP contribution in [0.2, 0.25) is 0 Å². The number of nitrogens with one attached hydrogen (secondary N) is 1. The van der Waals surface area contributed by atoms with Crippen molar-refractivity contribution in [3.05, 3.63) is 71.7 Å². The first-order valence-electron chi connectivity index (χ1n) is 12.0. The average Bonchev–Trinajstić information content (AvgIpc) is 3.46. The van der Waals surface area contributed by atoms with E-state index in [9.17, 15) is 30.4 Å². The summed E-state index contributed by atoms with van der Waals surface area (Å²) in [5.74, 6) is -1.42. The summed E-state index contributed by atoms with van der Waals surface area (Å²) in [5, 5.41) is 0. The van der Waals surface area contributed by atoms with Crippen LogP contribution in [-0.4, -0.2) is 43.2 Å². The Kier molecular flexibility index (Phi) is 6.35. The molecule has 2 aliphatic carbocycles. The van der Waals surface area contributed by atoms with Crippen LogP contribution in [0.5, 0.6) is 0 Å². The van der Waals surface area contributed by atoms with Crippen LogP contribution in [0.25, 0.3) is 16.9 Å². The molecule has 1 spiro atoms. The van der Waals surface area contributed by atoms with E-state index < -0.39 is 59.5 Å². The van der Waals surface area contributed by atoms with Gasteiger partial charge in [0.25, 0.3) is 0 Å². The second-order valence-corrected chi connectivity index (χ2v) is 14.9. The molecule has 13 heteroatoms. The SMILES string of the molecule is O=S1(=O)N[C@@]2(CN1[I-]CC(F)(F)F)[C@@H]1CC[C@H]2Cc2ccc(-c3cn(-c4ccc(F)cc4F)cn3)cc2C1. The van der Waals surface area contributed by atoms with Gasteiger partial charge in [-0.15, -0.1) is 0 Å². The number of rotatable bonds is 4. The van der Waals surface area contributed by atoms with E-state index in [-0.39, 0.29) is 24.1 Å². The van der Waals surface area contributed by atoms with Gasteiger partial charge in [0.05, 0.1) is 0 Å². The topological polar surface area (TPSA) is 67.2 Å². The van der Waals surface area contributed by atoms with Crippen molar-refractivity contribution in [2.45, 2.75) is 37.4 Å². The van der Waals surface area contributed by atoms with Crippen LogP contribution in [0, 0.1) is 23.5 Å². The van der Waals surface area contributed by atoms with Gasteiger partial charge in [-0.1, -0.05) is 0 Å². The van der Waals surface area contributed by atoms with Crippen molar-refractivity contribution in [1.29, 1.82) is 0 Å². The van der Waals surface area contributed by atoms with Crippen molar-refractivity contribution in [1.82, 2.24) is 16.8 Å². The molecule has 1 aromatic heterocycles. The first-order valence-corrected chi connectivity index (χ1v) is 16.0. The third-order valence-corrected chi connectivity index (χ3v) is 13.6. The molecular formula is C25H23F5IN4O2S-. The van der Waals surface area contributed by atoms with E-state index in [4.69, 9.17) is 0 Å². The molecule has 0 amide bonds. The van der Waals surface area contributed by atoms with Crippen molar-refractivity contribution >= 4 is 10.2 Å². The molecule has 3 atom stereocenters. The van der Waals surface area contributed by atoms with E-state index in [1.165, 1.54) is 23.0 Å². The van der Waals surface area contributed by atoms with Crippen molar-refractivity contribution in [3.8, 4) is 16.9 Å². The maximum atomic E-state index is 14.2. The molecule has 0 unspecified atom stereocenters. The monoisotopic (exact) mass is 665 g/mol. The van der Waals surface area contributed by atoms with Gasteiger partial charge in [-0.05, 0) is 12.1 Å². The Morgan fingerprint density at radius 1 is 1.05 bits per heavy atom. The van der Waals surface area contributed by atoms with Crippen molar-refractivity contribution in [2.75, 3.05) is 11.0 Å². The van der Waals surface area contributed by atoms with Crippen LogP contribution >= 0.6 is 0 Å². The summed E-state index contributed by atoms with van der Waals surface area (Å²) in [6, 6.07) is 9.24. The van der Waals surface area contributed by atoms with E-state index in [2.05, 4.69) is 9.71 Å². The summed E-state index contributed by atoms with van der Waals surface area (Å²) in [6.07, 6.45) is 1.57. The predicted octanol–water partition coefficient (Wildman–Crippen LogP) is 1.40. The number of alkyl halides is 4. The molecule has 3 aliphatic rings. The number of imidazole rings is 1. The number of benzene rings is 2. The molecule has 1 N–H and O–H groups in total. The summed E-state index contributed by atoms with van der Waals surface area (Å²) in [4.78, 5) is 4.40. The van der Waals surface area contributed by atoms with E-state index in [1.54, 1.807) is 6.20 Å². The van der Waals surface area contributed by atoms with Crippen molar-refractivity contribution in [2.24, 2.45) is 11.8 Å². The Balaban J connectivity index is 1.27. The van der Waals surface area contributed by atoms with Crippen molar-refractivity contribution in [3.63, 3.8) is 0 Å². The van der Waals surface area contributed by atoms with Gasteiger partial charge >= 0.3 is 189 Å². The Morgan fingerprint density at radius 3 is 2.50 bits per heavy atom. The molecule has 2 bridgehead atoms. The van der Waals surface area contributed by atoms with Crippen LogP contribution in [0.1, 0.15) is 24.0 Å². The first-order chi connectivity index (χ1) is 17.9. The van der Waals surface area contributed by atoms with E-state index in [1.807, 2.05) is 18.2 Å². The van der Waals surface area contributed by atoms with Crippen LogP contribution in [0.4, 0.5) is 22.0 Å². The average molecular weight is 665 g/mol. The van der Waals surface area contributed by atoms with Gasteiger partial charge in [-0.25, -0.2) is 8.78 Å². The number of aromatic nitrogens is 2. The Hall–Kier alpha value is -2.10. The van der Waals surface area contributed by atoms with Gasteiger partial charge in [-0.2, -0.15) is 0 Å². The summed E-state index contributed by atoms with van der Waals surface area (Å²) in [5.41, 5.74) is 2.95. The molecule has 2 aromatic carbocycles. The fourth-order valence-corrected chi connectivity index (χ4v) is 10.9. The molecule has 6 rings (SSSR count). The fourth-order valence-electron chi connectivity index (χ4n) is 6.10. The number of nitrogens with zero attached hydrogens (tertiary/aromatic N) is 3. The molecule has 0 radical (unpaired) electrons. The van der Waals surface area contributed by atoms with Gasteiger partial charge in [0.2, 0.25) is 0 Å². The molecule has 204 valence electrons. The van der Waals surface area contributed by atoms with Gasteiger partial charge < -0.3 is 0 Å². The summed E-state index contributed by atoms with van der Waals surface area (Å²) in [7, 11) is -3.96. The molecule has 1 saturated carbocycles. The summed E-state index contributed by atoms with van der Waals surface area (Å²) >= 11 is -1.75. The summed E-state index contributed by atoms with van der Waals surface area (Å²) in [6.45, 7) is 0.0858. The molecule has 1 aliphatic heterocycles. The molecule has 1 saturated heterocycles. The van der Waals surface area contributed by atoms with E-state index in [0.717, 1.165) is 38.1 Å². The van der Waals surface area contributed by atoms with Crippen LogP contribution in [-0.2, 0) is 23.1 Å². The third kappa shape index (κ3) is 4.64.